The van der Waals surface area contributed by atoms with E-state index in [4.69, 9.17) is 9.57 Å². The van der Waals surface area contributed by atoms with Gasteiger partial charge in [0, 0.05) is 0 Å². The first-order valence-electron chi connectivity index (χ1n) is 12.3. The number of hydrogen-bond donors (Lipinski definition) is 0. The molecule has 0 radical (unpaired) electrons. The third kappa shape index (κ3) is 4.13. The molecule has 6 rings (SSSR count). The second kappa shape index (κ2) is 9.61. The molecule has 38 heavy (non-hydrogen) atoms. The third-order valence-electron chi connectivity index (χ3n) is 6.86. The molecule has 2 amide bonds. The minimum atomic E-state index is -0.954. The first kappa shape index (κ1) is 23.6. The van der Waals surface area contributed by atoms with Gasteiger partial charge >= 0.3 is 5.97 Å². The van der Waals surface area contributed by atoms with Gasteiger partial charge in [-0.15, -0.1) is 0 Å². The number of aryl methyl sites for hydroxylation is 1. The van der Waals surface area contributed by atoms with Gasteiger partial charge in [-0.05, 0) is 61.0 Å². The lowest BCUT2D eigenvalue weighted by atomic mass is 9.90. The van der Waals surface area contributed by atoms with Crippen LogP contribution >= 0.6 is 0 Å². The number of esters is 1. The van der Waals surface area contributed by atoms with Crippen molar-refractivity contribution in [1.82, 2.24) is 0 Å². The Kier molecular flexibility index (Phi) is 5.98. The second-order valence-electron chi connectivity index (χ2n) is 9.33. The first-order chi connectivity index (χ1) is 18.5. The number of amides is 2. The molecule has 7 heteroatoms. The molecule has 2 aliphatic heterocycles. The second-order valence-corrected chi connectivity index (χ2v) is 9.33. The Hall–Kier alpha value is -4.75. The van der Waals surface area contributed by atoms with E-state index in [1.807, 2.05) is 55.5 Å². The molecule has 188 valence electrons. The lowest BCUT2D eigenvalue weighted by Crippen LogP contribution is -2.37. The number of benzene rings is 4. The predicted octanol–water partition coefficient (Wildman–Crippen LogP) is 5.27. The molecule has 0 unspecified atom stereocenters. The molecule has 0 N–H and O–H groups in total. The van der Waals surface area contributed by atoms with Gasteiger partial charge in [0.1, 0.15) is 11.7 Å². The van der Waals surface area contributed by atoms with Gasteiger partial charge < -0.3 is 4.74 Å². The van der Waals surface area contributed by atoms with Crippen LogP contribution in [-0.2, 0) is 14.4 Å². The van der Waals surface area contributed by atoms with Crippen LogP contribution in [0, 0.1) is 12.8 Å². The zero-order valence-corrected chi connectivity index (χ0v) is 20.6. The largest absolute Gasteiger partial charge is 0.423 e. The van der Waals surface area contributed by atoms with Crippen LogP contribution in [0.15, 0.2) is 109 Å². The lowest BCUT2D eigenvalue weighted by molar-refractivity contribution is -0.126. The van der Waals surface area contributed by atoms with Crippen LogP contribution in [0.3, 0.4) is 0 Å². The Balaban J connectivity index is 1.32. The molecule has 0 bridgehead atoms. The Morgan fingerprint density at radius 2 is 1.37 bits per heavy atom. The molecule has 0 aliphatic carbocycles. The van der Waals surface area contributed by atoms with Crippen molar-refractivity contribution in [1.29, 1.82) is 0 Å². The average Bonchev–Trinajstić information content (AvgIpc) is 3.46. The smallest absolute Gasteiger partial charge is 0.343 e. The van der Waals surface area contributed by atoms with Crippen molar-refractivity contribution < 1.29 is 24.0 Å². The summed E-state index contributed by atoms with van der Waals surface area (Å²) in [6.45, 7) is 1.95. The monoisotopic (exact) mass is 504 g/mol. The molecule has 7 nitrogen and oxygen atoms in total. The van der Waals surface area contributed by atoms with Crippen molar-refractivity contribution in [2.24, 2.45) is 5.92 Å². The van der Waals surface area contributed by atoms with E-state index in [0.717, 1.165) is 16.8 Å². The van der Waals surface area contributed by atoms with Crippen LogP contribution in [0.2, 0.25) is 0 Å². The third-order valence-corrected chi connectivity index (χ3v) is 6.86. The summed E-state index contributed by atoms with van der Waals surface area (Å²) in [5.41, 5.74) is 3.49. The summed E-state index contributed by atoms with van der Waals surface area (Å²) in [5, 5.41) is 1.64. The van der Waals surface area contributed by atoms with E-state index in [2.05, 4.69) is 0 Å². The van der Waals surface area contributed by atoms with Crippen LogP contribution in [0.25, 0.3) is 0 Å². The van der Waals surface area contributed by atoms with Gasteiger partial charge in [-0.1, -0.05) is 66.2 Å². The van der Waals surface area contributed by atoms with Crippen molar-refractivity contribution in [3.05, 3.63) is 126 Å². The number of carbonyl (C=O) groups excluding carboxylic acids is 3. The lowest BCUT2D eigenvalue weighted by Gasteiger charge is -2.28. The average molecular weight is 505 g/mol. The van der Waals surface area contributed by atoms with Gasteiger partial charge in [-0.2, -0.15) is 0 Å². The SMILES string of the molecule is Cc1ccc(N2C(=O)[C@@H]3[C@@H](c4ccc(OC(=O)c5ccccc5)cc4)N(c4ccccc4)O[C@H]3C2=O)cc1. The number of imide groups is 1. The quantitative estimate of drug-likeness (QED) is 0.210. The number of hydrogen-bond acceptors (Lipinski definition) is 6. The van der Waals surface area contributed by atoms with Crippen LogP contribution in [-0.4, -0.2) is 23.9 Å². The highest BCUT2D eigenvalue weighted by molar-refractivity contribution is 6.23. The predicted molar refractivity (Wildman–Crippen MR) is 142 cm³/mol. The number of para-hydroxylation sites is 1. The van der Waals surface area contributed by atoms with Gasteiger partial charge in [0.2, 0.25) is 5.91 Å². The molecule has 3 atom stereocenters. The van der Waals surface area contributed by atoms with Crippen molar-refractivity contribution in [3.8, 4) is 5.75 Å². The van der Waals surface area contributed by atoms with E-state index in [9.17, 15) is 14.4 Å². The zero-order valence-electron chi connectivity index (χ0n) is 20.6. The highest BCUT2D eigenvalue weighted by Crippen LogP contribution is 2.47. The number of anilines is 2. The minimum absolute atomic E-state index is 0.313. The summed E-state index contributed by atoms with van der Waals surface area (Å²) in [5.74, 6) is -1.53. The summed E-state index contributed by atoms with van der Waals surface area (Å²) in [7, 11) is 0. The van der Waals surface area contributed by atoms with E-state index in [0.29, 0.717) is 17.0 Å². The maximum Gasteiger partial charge on any atom is 0.343 e. The molecule has 0 aromatic heterocycles. The van der Waals surface area contributed by atoms with Gasteiger partial charge in [-0.25, -0.2) is 14.8 Å². The van der Waals surface area contributed by atoms with E-state index in [-0.39, 0.29) is 11.8 Å². The van der Waals surface area contributed by atoms with Gasteiger partial charge in [0.05, 0.1) is 23.0 Å². The molecule has 0 saturated carbocycles. The molecule has 2 aliphatic rings. The highest BCUT2D eigenvalue weighted by atomic mass is 16.7. The molecule has 4 aromatic carbocycles. The summed E-state index contributed by atoms with van der Waals surface area (Å²) in [4.78, 5) is 47.1. The van der Waals surface area contributed by atoms with E-state index >= 15 is 0 Å². The van der Waals surface area contributed by atoms with E-state index in [1.54, 1.807) is 65.7 Å². The number of fused-ring (bicyclic) bond motifs is 1. The Labute approximate surface area is 219 Å². The van der Waals surface area contributed by atoms with Crippen molar-refractivity contribution in [2.45, 2.75) is 19.1 Å². The fourth-order valence-corrected chi connectivity index (χ4v) is 4.97. The van der Waals surface area contributed by atoms with Crippen LogP contribution in [0.4, 0.5) is 11.4 Å². The maximum absolute atomic E-state index is 13.7. The number of carbonyl (C=O) groups is 3. The fourth-order valence-electron chi connectivity index (χ4n) is 4.97. The molecule has 2 saturated heterocycles. The van der Waals surface area contributed by atoms with E-state index < -0.39 is 24.0 Å². The van der Waals surface area contributed by atoms with Crippen LogP contribution < -0.4 is 14.7 Å². The van der Waals surface area contributed by atoms with Gasteiger partial charge in [0.15, 0.2) is 6.10 Å². The Morgan fingerprint density at radius 3 is 2.03 bits per heavy atom. The Morgan fingerprint density at radius 1 is 0.737 bits per heavy atom. The molecule has 2 fully saturated rings. The molecular weight excluding hydrogens is 480 g/mol. The molecule has 2 heterocycles. The molecule has 4 aromatic rings. The summed E-state index contributed by atoms with van der Waals surface area (Å²) in [6, 6.07) is 31.8. The number of rotatable bonds is 5. The van der Waals surface area contributed by atoms with E-state index in [1.165, 1.54) is 4.90 Å². The number of hydroxylamine groups is 1. The maximum atomic E-state index is 13.7. The first-order valence-corrected chi connectivity index (χ1v) is 12.3. The highest BCUT2D eigenvalue weighted by Gasteiger charge is 2.60. The topological polar surface area (TPSA) is 76.2 Å². The van der Waals surface area contributed by atoms with Crippen LogP contribution in [0.5, 0.6) is 5.75 Å². The summed E-state index contributed by atoms with van der Waals surface area (Å²) in [6.07, 6.45) is -0.954. The molecule has 0 spiro atoms. The summed E-state index contributed by atoms with van der Waals surface area (Å²) < 4.78 is 5.53. The Bertz CT molecular complexity index is 1490. The number of nitrogens with zero attached hydrogens (tertiary/aromatic N) is 2. The van der Waals surface area contributed by atoms with Gasteiger partial charge in [0.25, 0.3) is 5.91 Å². The van der Waals surface area contributed by atoms with Crippen molar-refractivity contribution in [2.75, 3.05) is 9.96 Å². The van der Waals surface area contributed by atoms with Crippen LogP contribution in [0.1, 0.15) is 27.5 Å². The molecular formula is C31H24N2O5. The minimum Gasteiger partial charge on any atom is -0.423 e. The zero-order chi connectivity index (χ0) is 26.2. The normalized spacial score (nSPS) is 20.5. The number of ether oxygens (including phenoxy) is 1. The standard InChI is InChI=1S/C31H24N2O5/c1-20-12-16-23(17-13-20)32-29(34)26-27(33(38-28(26)30(32)35)24-10-6-3-7-11-24)21-14-18-25(19-15-21)37-31(36)22-8-4-2-5-9-22/h2-19,26-28H,1H3/t26-,27-,28-/m1/s1. The summed E-state index contributed by atoms with van der Waals surface area (Å²) >= 11 is 0. The van der Waals surface area contributed by atoms with Gasteiger partial charge in [-0.3, -0.25) is 14.4 Å². The fraction of sp³-hybridized carbons (Fsp3) is 0.129. The van der Waals surface area contributed by atoms with Crippen molar-refractivity contribution >= 4 is 29.2 Å². The van der Waals surface area contributed by atoms with Crippen molar-refractivity contribution in [3.63, 3.8) is 0 Å².